The van der Waals surface area contributed by atoms with Crippen molar-refractivity contribution in [3.63, 3.8) is 0 Å². The molecule has 0 rings (SSSR count). The molecule has 4 nitrogen and oxygen atoms in total. The highest BCUT2D eigenvalue weighted by Gasteiger charge is 2.20. The van der Waals surface area contributed by atoms with Crippen molar-refractivity contribution in [2.75, 3.05) is 13.7 Å². The first-order chi connectivity index (χ1) is 5.48. The van der Waals surface area contributed by atoms with Crippen LogP contribution < -0.4 is 0 Å². The fourth-order valence-electron chi connectivity index (χ4n) is 0.823. The van der Waals surface area contributed by atoms with Crippen LogP contribution in [0.5, 0.6) is 0 Å². The lowest BCUT2D eigenvalue weighted by Crippen LogP contribution is -2.26. The van der Waals surface area contributed by atoms with Crippen LogP contribution in [0.1, 0.15) is 26.2 Å². The summed E-state index contributed by atoms with van der Waals surface area (Å²) in [6.07, 6.45) is 0.735. The van der Waals surface area contributed by atoms with E-state index in [1.807, 2.05) is 0 Å². The van der Waals surface area contributed by atoms with Crippen LogP contribution in [-0.2, 0) is 9.53 Å². The molecule has 0 spiro atoms. The molecule has 1 atom stereocenters. The first-order valence-electron chi connectivity index (χ1n) is 3.91. The van der Waals surface area contributed by atoms with Crippen molar-refractivity contribution in [1.82, 2.24) is 0 Å². The normalized spacial score (nSPS) is 15.6. The van der Waals surface area contributed by atoms with Gasteiger partial charge in [-0.1, -0.05) is 0 Å². The van der Waals surface area contributed by atoms with Crippen LogP contribution in [0, 0.1) is 0 Å². The van der Waals surface area contributed by atoms with E-state index in [0.717, 1.165) is 0 Å². The Kier molecular flexibility index (Phi) is 4.85. The van der Waals surface area contributed by atoms with E-state index in [1.165, 1.54) is 0 Å². The molecule has 0 saturated carbocycles. The molecule has 2 N–H and O–H groups in total. The zero-order chi connectivity index (χ0) is 9.61. The largest absolute Gasteiger partial charge is 0.481 e. The van der Waals surface area contributed by atoms with Crippen molar-refractivity contribution in [1.29, 1.82) is 0 Å². The molecular formula is C8H16O4. The molecule has 4 heteroatoms. The third kappa shape index (κ3) is 6.12. The monoisotopic (exact) mass is 176 g/mol. The van der Waals surface area contributed by atoms with Crippen LogP contribution in [0.2, 0.25) is 0 Å². The smallest absolute Gasteiger partial charge is 0.303 e. The summed E-state index contributed by atoms with van der Waals surface area (Å²) in [4.78, 5) is 10.2. The molecule has 0 aliphatic heterocycles. The molecular weight excluding hydrogens is 160 g/mol. The van der Waals surface area contributed by atoms with Crippen molar-refractivity contribution in [3.8, 4) is 0 Å². The van der Waals surface area contributed by atoms with Crippen LogP contribution in [-0.4, -0.2) is 35.5 Å². The van der Waals surface area contributed by atoms with Gasteiger partial charge in [0.1, 0.15) is 0 Å². The number of hydrogen-bond donors (Lipinski definition) is 2. The Labute approximate surface area is 72.2 Å². The van der Waals surface area contributed by atoms with Gasteiger partial charge in [0.15, 0.2) is 0 Å². The zero-order valence-electron chi connectivity index (χ0n) is 7.54. The van der Waals surface area contributed by atoms with Gasteiger partial charge in [-0.3, -0.25) is 4.79 Å². The molecule has 0 aliphatic rings. The standard InChI is InChI=1S/C8H16O4/c1-8(11,5-6-12-2)4-3-7(9)10/h11H,3-6H2,1-2H3,(H,9,10). The van der Waals surface area contributed by atoms with Crippen LogP contribution in [0.25, 0.3) is 0 Å². The van der Waals surface area contributed by atoms with E-state index in [0.29, 0.717) is 13.0 Å². The topological polar surface area (TPSA) is 66.8 Å². The Morgan fingerprint density at radius 3 is 2.50 bits per heavy atom. The molecule has 0 aromatic rings. The zero-order valence-corrected chi connectivity index (χ0v) is 7.54. The average Bonchev–Trinajstić information content (AvgIpc) is 1.98. The third-order valence-electron chi connectivity index (χ3n) is 1.72. The van der Waals surface area contributed by atoms with Crippen LogP contribution >= 0.6 is 0 Å². The van der Waals surface area contributed by atoms with E-state index < -0.39 is 11.6 Å². The fraction of sp³-hybridized carbons (Fsp3) is 0.875. The van der Waals surface area contributed by atoms with Crippen molar-refractivity contribution in [2.24, 2.45) is 0 Å². The van der Waals surface area contributed by atoms with Crippen LogP contribution in [0.4, 0.5) is 0 Å². The van der Waals surface area contributed by atoms with Crippen molar-refractivity contribution >= 4 is 5.97 Å². The minimum Gasteiger partial charge on any atom is -0.481 e. The number of carbonyl (C=O) groups is 1. The van der Waals surface area contributed by atoms with Gasteiger partial charge in [-0.2, -0.15) is 0 Å². The van der Waals surface area contributed by atoms with E-state index >= 15 is 0 Å². The van der Waals surface area contributed by atoms with Crippen LogP contribution in [0.3, 0.4) is 0 Å². The van der Waals surface area contributed by atoms with Gasteiger partial charge in [0.2, 0.25) is 0 Å². The van der Waals surface area contributed by atoms with E-state index in [2.05, 4.69) is 0 Å². The maximum atomic E-state index is 10.2. The molecule has 0 aromatic carbocycles. The van der Waals surface area contributed by atoms with Crippen molar-refractivity contribution < 1.29 is 19.7 Å². The maximum absolute atomic E-state index is 10.2. The molecule has 72 valence electrons. The number of ether oxygens (including phenoxy) is 1. The average molecular weight is 176 g/mol. The second-order valence-corrected chi connectivity index (χ2v) is 3.13. The summed E-state index contributed by atoms with van der Waals surface area (Å²) in [6.45, 7) is 2.07. The number of hydrogen-bond acceptors (Lipinski definition) is 3. The molecule has 12 heavy (non-hydrogen) atoms. The SMILES string of the molecule is COCCC(C)(O)CCC(=O)O. The van der Waals surface area contributed by atoms with Gasteiger partial charge < -0.3 is 14.9 Å². The summed E-state index contributed by atoms with van der Waals surface area (Å²) in [5.74, 6) is -0.882. The Balaban J connectivity index is 3.63. The van der Waals surface area contributed by atoms with Gasteiger partial charge >= 0.3 is 5.97 Å². The summed E-state index contributed by atoms with van der Waals surface area (Å²) in [5, 5.41) is 17.9. The molecule has 0 amide bonds. The number of carboxylic acids is 1. The summed E-state index contributed by atoms with van der Waals surface area (Å²) >= 11 is 0. The Morgan fingerprint density at radius 2 is 2.08 bits per heavy atom. The number of carboxylic acid groups (broad SMARTS) is 1. The first kappa shape index (κ1) is 11.4. The molecule has 0 saturated heterocycles. The Morgan fingerprint density at radius 1 is 1.50 bits per heavy atom. The van der Waals surface area contributed by atoms with E-state index in [-0.39, 0.29) is 12.8 Å². The highest BCUT2D eigenvalue weighted by molar-refractivity contribution is 5.66. The summed E-state index contributed by atoms with van der Waals surface area (Å²) in [6, 6.07) is 0. The summed E-state index contributed by atoms with van der Waals surface area (Å²) < 4.78 is 4.78. The van der Waals surface area contributed by atoms with Gasteiger partial charge in [0.25, 0.3) is 0 Å². The number of aliphatic hydroxyl groups is 1. The van der Waals surface area contributed by atoms with E-state index in [9.17, 15) is 9.90 Å². The van der Waals surface area contributed by atoms with Gasteiger partial charge in [0, 0.05) is 20.1 Å². The van der Waals surface area contributed by atoms with Gasteiger partial charge in [0.05, 0.1) is 5.60 Å². The van der Waals surface area contributed by atoms with E-state index in [4.69, 9.17) is 9.84 Å². The molecule has 0 aliphatic carbocycles. The predicted octanol–water partition coefficient (Wildman–Crippen LogP) is 0.639. The van der Waals surface area contributed by atoms with Gasteiger partial charge in [-0.05, 0) is 19.8 Å². The van der Waals surface area contributed by atoms with E-state index in [1.54, 1.807) is 14.0 Å². The molecule has 0 aromatic heterocycles. The second kappa shape index (κ2) is 5.11. The predicted molar refractivity (Wildman–Crippen MR) is 44.0 cm³/mol. The summed E-state index contributed by atoms with van der Waals surface area (Å²) in [7, 11) is 1.55. The lowest BCUT2D eigenvalue weighted by molar-refractivity contribution is -0.138. The highest BCUT2D eigenvalue weighted by Crippen LogP contribution is 2.16. The Bertz CT molecular complexity index is 142. The van der Waals surface area contributed by atoms with Crippen molar-refractivity contribution in [2.45, 2.75) is 31.8 Å². The fourth-order valence-corrected chi connectivity index (χ4v) is 0.823. The maximum Gasteiger partial charge on any atom is 0.303 e. The molecule has 1 unspecified atom stereocenters. The lowest BCUT2D eigenvalue weighted by Gasteiger charge is -2.21. The Hall–Kier alpha value is -0.610. The van der Waals surface area contributed by atoms with Gasteiger partial charge in [-0.15, -0.1) is 0 Å². The number of methoxy groups -OCH3 is 1. The molecule has 0 heterocycles. The number of aliphatic carboxylic acids is 1. The summed E-state index contributed by atoms with van der Waals surface area (Å²) in [5.41, 5.74) is -0.922. The first-order valence-corrected chi connectivity index (χ1v) is 3.91. The minimum absolute atomic E-state index is 0.00326. The highest BCUT2D eigenvalue weighted by atomic mass is 16.5. The van der Waals surface area contributed by atoms with Gasteiger partial charge in [-0.25, -0.2) is 0 Å². The molecule has 0 radical (unpaired) electrons. The molecule has 0 fully saturated rings. The lowest BCUT2D eigenvalue weighted by atomic mass is 9.97. The van der Waals surface area contributed by atoms with Crippen molar-refractivity contribution in [3.05, 3.63) is 0 Å². The molecule has 0 bridgehead atoms. The number of rotatable bonds is 6. The van der Waals surface area contributed by atoms with Crippen LogP contribution in [0.15, 0.2) is 0 Å². The third-order valence-corrected chi connectivity index (χ3v) is 1.72. The quantitative estimate of drug-likeness (QED) is 0.623. The second-order valence-electron chi connectivity index (χ2n) is 3.13. The minimum atomic E-state index is -0.922.